The van der Waals surface area contributed by atoms with Gasteiger partial charge in [-0.25, -0.2) is 0 Å². The van der Waals surface area contributed by atoms with Crippen molar-refractivity contribution in [3.05, 3.63) is 23.5 Å². The average Bonchev–Trinajstić information content (AvgIpc) is 2.42. The monoisotopic (exact) mass is 420 g/mol. The largest absolute Gasteiger partial charge is 0.507 e. The van der Waals surface area contributed by atoms with E-state index >= 15 is 0 Å². The molecule has 0 aromatic heterocycles. The van der Waals surface area contributed by atoms with E-state index < -0.39 is 15.5 Å². The number of unbranched alkanes of at least 4 members (excludes halogenated alkanes) is 4. The average molecular weight is 420 g/mol. The predicted octanol–water partition coefficient (Wildman–Crippen LogP) is 4.42. The topological polar surface area (TPSA) is 63.6 Å². The first-order valence-electron chi connectivity index (χ1n) is 7.81. The number of hydrogen-bond acceptors (Lipinski definition) is 4. The summed E-state index contributed by atoms with van der Waals surface area (Å²) in [5.41, 5.74) is 0.343. The lowest BCUT2D eigenvalue weighted by atomic mass is 9.90. The highest BCUT2D eigenvalue weighted by Gasteiger charge is 2.37. The van der Waals surface area contributed by atoms with Gasteiger partial charge in [0.1, 0.15) is 11.9 Å². The van der Waals surface area contributed by atoms with Crippen LogP contribution in [0.1, 0.15) is 59.3 Å². The molecule has 124 valence electrons. The van der Waals surface area contributed by atoms with Crippen molar-refractivity contribution in [2.75, 3.05) is 0 Å². The van der Waals surface area contributed by atoms with Gasteiger partial charge < -0.3 is 9.84 Å². The Balaban J connectivity index is 2.67. The highest BCUT2D eigenvalue weighted by molar-refractivity contribution is 14.1. The number of ether oxygens (including phenoxy) is 1. The molecule has 0 spiro atoms. The van der Waals surface area contributed by atoms with Gasteiger partial charge in [0.2, 0.25) is 0 Å². The lowest BCUT2D eigenvalue weighted by molar-refractivity contribution is -0.144. The second kappa shape index (κ2) is 8.70. The van der Waals surface area contributed by atoms with Gasteiger partial charge in [0.05, 0.1) is 8.99 Å². The van der Waals surface area contributed by atoms with E-state index in [0.717, 1.165) is 19.3 Å². The van der Waals surface area contributed by atoms with Crippen LogP contribution in [0.15, 0.2) is 23.5 Å². The molecule has 0 saturated heterocycles. The molecule has 0 saturated carbocycles. The number of hydrogen-bond donors (Lipinski definition) is 1. The summed E-state index contributed by atoms with van der Waals surface area (Å²) < 4.78 is 4.65. The first kappa shape index (κ1) is 19.2. The molecule has 0 bridgehead atoms. The van der Waals surface area contributed by atoms with Crippen LogP contribution < -0.4 is 0 Å². The maximum Gasteiger partial charge on any atom is 0.303 e. The Labute approximate surface area is 146 Å². The van der Waals surface area contributed by atoms with Crippen molar-refractivity contribution in [1.82, 2.24) is 0 Å². The van der Waals surface area contributed by atoms with Gasteiger partial charge in [0.15, 0.2) is 5.78 Å². The van der Waals surface area contributed by atoms with Crippen LogP contribution >= 0.6 is 22.6 Å². The fraction of sp³-hybridized carbons (Fsp3) is 0.647. The summed E-state index contributed by atoms with van der Waals surface area (Å²) in [6.07, 6.45) is 8.44. The van der Waals surface area contributed by atoms with Crippen molar-refractivity contribution < 1.29 is 19.4 Å². The Bertz CT molecular complexity index is 477. The van der Waals surface area contributed by atoms with Crippen molar-refractivity contribution >= 4 is 34.3 Å². The molecule has 0 aliphatic heterocycles. The third-order valence-electron chi connectivity index (χ3n) is 3.67. The number of aliphatic hydroxyl groups is 1. The Morgan fingerprint density at radius 3 is 2.55 bits per heavy atom. The predicted molar refractivity (Wildman–Crippen MR) is 95.2 cm³/mol. The highest BCUT2D eigenvalue weighted by atomic mass is 127. The Kier molecular flexibility index (Phi) is 7.59. The molecule has 4 nitrogen and oxygen atoms in total. The summed E-state index contributed by atoms with van der Waals surface area (Å²) in [5, 5.41) is 10.1. The van der Waals surface area contributed by atoms with Crippen molar-refractivity contribution in [3.63, 3.8) is 0 Å². The zero-order valence-corrected chi connectivity index (χ0v) is 15.7. The number of aliphatic hydroxyl groups excluding tert-OH is 1. The number of esters is 1. The molecule has 2 unspecified atom stereocenters. The summed E-state index contributed by atoms with van der Waals surface area (Å²) in [6, 6.07) is 0. The normalized spacial score (nSPS) is 24.5. The summed E-state index contributed by atoms with van der Waals surface area (Å²) in [7, 11) is 0. The van der Waals surface area contributed by atoms with Crippen LogP contribution in [0.5, 0.6) is 0 Å². The summed E-state index contributed by atoms with van der Waals surface area (Å²) in [5.74, 6) is -0.538. The maximum atomic E-state index is 12.3. The standard InChI is InChI=1S/C17H25IO4/c1-4-5-6-7-8-9-14(20)13-11-17(3,18)16(10-15(13)21)22-12(2)19/h10-11,16,21H,4-9H2,1-3H3. The summed E-state index contributed by atoms with van der Waals surface area (Å²) in [6.45, 7) is 5.36. The van der Waals surface area contributed by atoms with E-state index in [4.69, 9.17) is 4.74 Å². The summed E-state index contributed by atoms with van der Waals surface area (Å²) in [4.78, 5) is 23.4. The van der Waals surface area contributed by atoms with E-state index in [1.807, 2.05) is 6.92 Å². The zero-order valence-electron chi connectivity index (χ0n) is 13.5. The van der Waals surface area contributed by atoms with E-state index in [1.165, 1.54) is 25.8 Å². The molecule has 0 fully saturated rings. The number of allylic oxidation sites excluding steroid dienone is 1. The highest BCUT2D eigenvalue weighted by Crippen LogP contribution is 2.35. The number of carbonyl (C=O) groups excluding carboxylic acids is 2. The quantitative estimate of drug-likeness (QED) is 0.273. The van der Waals surface area contributed by atoms with Crippen molar-refractivity contribution in [3.8, 4) is 0 Å². The second-order valence-corrected chi connectivity index (χ2v) is 8.20. The third kappa shape index (κ3) is 5.74. The molecule has 1 rings (SSSR count). The maximum absolute atomic E-state index is 12.3. The Morgan fingerprint density at radius 1 is 1.32 bits per heavy atom. The van der Waals surface area contributed by atoms with E-state index in [9.17, 15) is 14.7 Å². The van der Waals surface area contributed by atoms with Gasteiger partial charge in [-0.05, 0) is 13.3 Å². The molecule has 22 heavy (non-hydrogen) atoms. The van der Waals surface area contributed by atoms with Crippen LogP contribution in [0, 0.1) is 0 Å². The number of ketones is 1. The molecule has 1 aliphatic carbocycles. The lowest BCUT2D eigenvalue weighted by Gasteiger charge is -2.31. The fourth-order valence-corrected chi connectivity index (χ4v) is 3.03. The first-order chi connectivity index (χ1) is 10.3. The molecular formula is C17H25IO4. The molecular weight excluding hydrogens is 395 g/mol. The van der Waals surface area contributed by atoms with Gasteiger partial charge in [-0.15, -0.1) is 0 Å². The molecule has 1 aliphatic rings. The van der Waals surface area contributed by atoms with Crippen LogP contribution in [0.4, 0.5) is 0 Å². The second-order valence-electron chi connectivity index (χ2n) is 5.88. The van der Waals surface area contributed by atoms with Gasteiger partial charge in [-0.1, -0.05) is 61.3 Å². The van der Waals surface area contributed by atoms with Crippen LogP contribution in [-0.2, 0) is 14.3 Å². The molecule has 5 heteroatoms. The van der Waals surface area contributed by atoms with E-state index in [-0.39, 0.29) is 11.5 Å². The Morgan fingerprint density at radius 2 is 1.95 bits per heavy atom. The molecule has 0 aromatic carbocycles. The van der Waals surface area contributed by atoms with Crippen LogP contribution in [0.3, 0.4) is 0 Å². The lowest BCUT2D eigenvalue weighted by Crippen LogP contribution is -2.37. The van der Waals surface area contributed by atoms with E-state index in [2.05, 4.69) is 29.5 Å². The van der Waals surface area contributed by atoms with Gasteiger partial charge >= 0.3 is 5.97 Å². The van der Waals surface area contributed by atoms with Gasteiger partial charge in [0, 0.05) is 19.4 Å². The van der Waals surface area contributed by atoms with E-state index in [0.29, 0.717) is 12.0 Å². The summed E-state index contributed by atoms with van der Waals surface area (Å²) >= 11 is 2.14. The number of rotatable bonds is 8. The third-order valence-corrected chi connectivity index (χ3v) is 4.59. The van der Waals surface area contributed by atoms with Crippen molar-refractivity contribution in [2.24, 2.45) is 0 Å². The molecule has 2 atom stereocenters. The zero-order chi connectivity index (χ0) is 16.8. The molecule has 0 heterocycles. The van der Waals surface area contributed by atoms with Crippen molar-refractivity contribution in [2.45, 2.75) is 68.8 Å². The van der Waals surface area contributed by atoms with Crippen LogP contribution in [0.2, 0.25) is 0 Å². The van der Waals surface area contributed by atoms with Crippen molar-refractivity contribution in [1.29, 1.82) is 0 Å². The van der Waals surface area contributed by atoms with E-state index in [1.54, 1.807) is 6.08 Å². The van der Waals surface area contributed by atoms with Gasteiger partial charge in [-0.2, -0.15) is 0 Å². The fourth-order valence-electron chi connectivity index (χ4n) is 2.41. The number of halogens is 1. The molecule has 0 radical (unpaired) electrons. The Hall–Kier alpha value is -0.850. The number of Topliss-reactive ketones (excluding diaryl/α,β-unsaturated/α-hetero) is 1. The molecule has 1 N–H and O–H groups in total. The number of carbonyl (C=O) groups is 2. The number of alkyl halides is 1. The minimum Gasteiger partial charge on any atom is -0.507 e. The first-order valence-corrected chi connectivity index (χ1v) is 8.89. The minimum absolute atomic E-state index is 0.0468. The van der Waals surface area contributed by atoms with Crippen LogP contribution in [0.25, 0.3) is 0 Å². The molecule has 0 amide bonds. The minimum atomic E-state index is -0.563. The van der Waals surface area contributed by atoms with Crippen LogP contribution in [-0.4, -0.2) is 26.4 Å². The van der Waals surface area contributed by atoms with Gasteiger partial charge in [-0.3, -0.25) is 9.59 Å². The van der Waals surface area contributed by atoms with Gasteiger partial charge in [0.25, 0.3) is 0 Å². The smallest absolute Gasteiger partial charge is 0.303 e. The molecule has 0 aromatic rings. The SMILES string of the molecule is CCCCCCCC(=O)C1=CC(C)(I)C(OC(C)=O)C=C1O.